The van der Waals surface area contributed by atoms with Gasteiger partial charge in [-0.1, -0.05) is 23.2 Å². The number of hydrogen-bond acceptors (Lipinski definition) is 1. The fourth-order valence-electron chi connectivity index (χ4n) is 1.88. The van der Waals surface area contributed by atoms with Crippen LogP contribution in [-0.4, -0.2) is 0 Å². The summed E-state index contributed by atoms with van der Waals surface area (Å²) in [5.74, 6) is -0.406. The second-order valence-corrected chi connectivity index (χ2v) is 5.08. The molecule has 0 saturated heterocycles. The van der Waals surface area contributed by atoms with E-state index >= 15 is 0 Å². The second-order valence-electron chi connectivity index (χ2n) is 4.27. The van der Waals surface area contributed by atoms with Crippen LogP contribution in [0.4, 0.5) is 10.1 Å². The summed E-state index contributed by atoms with van der Waals surface area (Å²) in [6, 6.07) is 6.32. The highest BCUT2D eigenvalue weighted by Crippen LogP contribution is 2.36. The van der Waals surface area contributed by atoms with Crippen LogP contribution in [0.1, 0.15) is 11.1 Å². The molecule has 1 nitrogen and oxygen atoms in total. The first-order valence-corrected chi connectivity index (χ1v) is 6.17. The normalized spacial score (nSPS) is 10.7. The van der Waals surface area contributed by atoms with E-state index in [1.165, 1.54) is 12.1 Å². The first-order valence-electron chi connectivity index (χ1n) is 5.42. The van der Waals surface area contributed by atoms with Crippen molar-refractivity contribution in [2.75, 3.05) is 5.73 Å². The van der Waals surface area contributed by atoms with Gasteiger partial charge >= 0.3 is 0 Å². The maximum Gasteiger partial charge on any atom is 0.125 e. The van der Waals surface area contributed by atoms with E-state index in [-0.39, 0.29) is 5.02 Å². The standard InChI is InChI=1S/C14H12Cl2FN/c1-7-4-12(15)8(2)3-10(7)11-5-9(17)6-13(16)14(11)18/h3-6H,18H2,1-2H3. The molecule has 0 bridgehead atoms. The third-order valence-corrected chi connectivity index (χ3v) is 3.61. The van der Waals surface area contributed by atoms with Crippen LogP contribution in [0.25, 0.3) is 11.1 Å². The van der Waals surface area contributed by atoms with E-state index < -0.39 is 5.82 Å². The molecule has 2 aromatic carbocycles. The highest BCUT2D eigenvalue weighted by Gasteiger charge is 2.12. The molecule has 0 unspecified atom stereocenters. The van der Waals surface area contributed by atoms with Crippen LogP contribution in [0.2, 0.25) is 10.0 Å². The lowest BCUT2D eigenvalue weighted by Crippen LogP contribution is -1.95. The number of anilines is 1. The number of aryl methyl sites for hydroxylation is 2. The molecule has 4 heteroatoms. The summed E-state index contributed by atoms with van der Waals surface area (Å²) >= 11 is 11.9. The van der Waals surface area contributed by atoms with Gasteiger partial charge in [0.15, 0.2) is 0 Å². The summed E-state index contributed by atoms with van der Waals surface area (Å²) in [5.41, 5.74) is 9.57. The smallest absolute Gasteiger partial charge is 0.125 e. The molecular weight excluding hydrogens is 272 g/mol. The molecule has 0 aliphatic rings. The van der Waals surface area contributed by atoms with Crippen molar-refractivity contribution in [3.05, 3.63) is 51.3 Å². The van der Waals surface area contributed by atoms with Crippen LogP contribution in [0.3, 0.4) is 0 Å². The maximum atomic E-state index is 13.4. The van der Waals surface area contributed by atoms with Crippen LogP contribution in [-0.2, 0) is 0 Å². The Labute approximate surface area is 115 Å². The molecule has 0 amide bonds. The van der Waals surface area contributed by atoms with Crippen molar-refractivity contribution in [1.29, 1.82) is 0 Å². The average Bonchev–Trinajstić information content (AvgIpc) is 2.29. The zero-order valence-corrected chi connectivity index (χ0v) is 11.5. The summed E-state index contributed by atoms with van der Waals surface area (Å²) < 4.78 is 13.4. The third-order valence-electron chi connectivity index (χ3n) is 2.89. The topological polar surface area (TPSA) is 26.0 Å². The summed E-state index contributed by atoms with van der Waals surface area (Å²) in [6.07, 6.45) is 0. The van der Waals surface area contributed by atoms with Gasteiger partial charge in [-0.2, -0.15) is 0 Å². The van der Waals surface area contributed by atoms with Gasteiger partial charge in [0.2, 0.25) is 0 Å². The van der Waals surface area contributed by atoms with Gasteiger partial charge in [0.1, 0.15) is 5.82 Å². The predicted octanol–water partition coefficient (Wildman–Crippen LogP) is 5.00. The van der Waals surface area contributed by atoms with E-state index in [0.29, 0.717) is 16.3 Å². The lowest BCUT2D eigenvalue weighted by Gasteiger charge is -2.12. The number of nitrogen functional groups attached to an aromatic ring is 1. The van der Waals surface area contributed by atoms with Crippen LogP contribution in [0.5, 0.6) is 0 Å². The van der Waals surface area contributed by atoms with Crippen LogP contribution in [0, 0.1) is 19.7 Å². The molecular formula is C14H12Cl2FN. The fraction of sp³-hybridized carbons (Fsp3) is 0.143. The van der Waals surface area contributed by atoms with Gasteiger partial charge in [0, 0.05) is 10.6 Å². The van der Waals surface area contributed by atoms with Crippen LogP contribution in [0.15, 0.2) is 24.3 Å². The molecule has 0 spiro atoms. The first-order chi connectivity index (χ1) is 8.40. The van der Waals surface area contributed by atoms with Gasteiger partial charge < -0.3 is 5.73 Å². The lowest BCUT2D eigenvalue weighted by atomic mass is 9.97. The van der Waals surface area contributed by atoms with Gasteiger partial charge in [0.25, 0.3) is 0 Å². The molecule has 2 N–H and O–H groups in total. The summed E-state index contributed by atoms with van der Waals surface area (Å²) in [7, 11) is 0. The Morgan fingerprint density at radius 1 is 0.889 bits per heavy atom. The van der Waals surface area contributed by atoms with Crippen molar-refractivity contribution >= 4 is 28.9 Å². The Morgan fingerprint density at radius 2 is 1.56 bits per heavy atom. The average molecular weight is 284 g/mol. The van der Waals surface area contributed by atoms with Crippen molar-refractivity contribution in [3.63, 3.8) is 0 Å². The molecule has 94 valence electrons. The predicted molar refractivity (Wildman–Crippen MR) is 75.7 cm³/mol. The number of benzene rings is 2. The molecule has 0 saturated carbocycles. The zero-order chi connectivity index (χ0) is 13.4. The van der Waals surface area contributed by atoms with Crippen molar-refractivity contribution in [1.82, 2.24) is 0 Å². The Morgan fingerprint density at radius 3 is 2.22 bits per heavy atom. The molecule has 0 heterocycles. The van der Waals surface area contributed by atoms with Crippen molar-refractivity contribution in [3.8, 4) is 11.1 Å². The lowest BCUT2D eigenvalue weighted by molar-refractivity contribution is 0.628. The molecule has 2 rings (SSSR count). The second kappa shape index (κ2) is 4.79. The molecule has 0 fully saturated rings. The maximum absolute atomic E-state index is 13.4. The molecule has 0 aliphatic heterocycles. The Hall–Kier alpha value is -1.25. The zero-order valence-electron chi connectivity index (χ0n) is 10.0. The highest BCUT2D eigenvalue weighted by atomic mass is 35.5. The van der Waals surface area contributed by atoms with Gasteiger partial charge in [-0.15, -0.1) is 0 Å². The van der Waals surface area contributed by atoms with E-state index in [9.17, 15) is 4.39 Å². The van der Waals surface area contributed by atoms with E-state index in [2.05, 4.69) is 0 Å². The fourth-order valence-corrected chi connectivity index (χ4v) is 2.30. The Kier molecular flexibility index (Phi) is 3.51. The Balaban J connectivity index is 2.73. The van der Waals surface area contributed by atoms with Gasteiger partial charge in [-0.25, -0.2) is 4.39 Å². The molecule has 0 atom stereocenters. The third kappa shape index (κ3) is 2.31. The molecule has 0 aliphatic carbocycles. The van der Waals surface area contributed by atoms with E-state index in [4.69, 9.17) is 28.9 Å². The quantitative estimate of drug-likeness (QED) is 0.733. The molecule has 0 aromatic heterocycles. The highest BCUT2D eigenvalue weighted by molar-refractivity contribution is 6.34. The SMILES string of the molecule is Cc1cc(-c2cc(F)cc(Cl)c2N)c(C)cc1Cl. The van der Waals surface area contributed by atoms with Gasteiger partial charge in [-0.3, -0.25) is 0 Å². The van der Waals surface area contributed by atoms with Gasteiger partial charge in [-0.05, 0) is 54.8 Å². The number of rotatable bonds is 1. The van der Waals surface area contributed by atoms with Crippen molar-refractivity contribution in [2.24, 2.45) is 0 Å². The van der Waals surface area contributed by atoms with Crippen molar-refractivity contribution < 1.29 is 4.39 Å². The van der Waals surface area contributed by atoms with Crippen molar-refractivity contribution in [2.45, 2.75) is 13.8 Å². The minimum Gasteiger partial charge on any atom is -0.397 e. The number of nitrogens with two attached hydrogens (primary N) is 1. The van der Waals surface area contributed by atoms with Crippen LogP contribution >= 0.6 is 23.2 Å². The molecule has 18 heavy (non-hydrogen) atoms. The number of hydrogen-bond donors (Lipinski definition) is 1. The van der Waals surface area contributed by atoms with Crippen LogP contribution < -0.4 is 5.73 Å². The summed E-state index contributed by atoms with van der Waals surface area (Å²) in [6.45, 7) is 3.79. The molecule has 2 aromatic rings. The number of halogens is 3. The minimum atomic E-state index is -0.406. The first kappa shape index (κ1) is 13.2. The van der Waals surface area contributed by atoms with Gasteiger partial charge in [0.05, 0.1) is 10.7 Å². The monoisotopic (exact) mass is 283 g/mol. The Bertz CT molecular complexity index is 624. The van der Waals surface area contributed by atoms with E-state index in [1.54, 1.807) is 0 Å². The molecule has 0 radical (unpaired) electrons. The minimum absolute atomic E-state index is 0.219. The van der Waals surface area contributed by atoms with E-state index in [0.717, 1.165) is 16.7 Å². The van der Waals surface area contributed by atoms with E-state index in [1.807, 2.05) is 26.0 Å². The largest absolute Gasteiger partial charge is 0.397 e. The summed E-state index contributed by atoms with van der Waals surface area (Å²) in [4.78, 5) is 0. The summed E-state index contributed by atoms with van der Waals surface area (Å²) in [5, 5.41) is 0.898.